The number of hydrogen-bond acceptors (Lipinski definition) is 1. The van der Waals surface area contributed by atoms with Gasteiger partial charge >= 0.3 is 0 Å². The van der Waals surface area contributed by atoms with Crippen LogP contribution in [0.15, 0.2) is 48.5 Å². The van der Waals surface area contributed by atoms with Gasteiger partial charge in [-0.05, 0) is 30.2 Å². The standard InChI is InChI=1S/C16H16ClFO/c1-2-16(19,14-8-3-4-9-15(14)18)11-12-6-5-7-13(17)10-12/h3-10,19H,2,11H2,1H3. The van der Waals surface area contributed by atoms with Gasteiger partial charge in [-0.25, -0.2) is 4.39 Å². The normalized spacial score (nSPS) is 14.1. The molecular weight excluding hydrogens is 263 g/mol. The maximum absolute atomic E-state index is 13.9. The van der Waals surface area contributed by atoms with E-state index in [1.165, 1.54) is 6.07 Å². The summed E-state index contributed by atoms with van der Waals surface area (Å²) in [6.45, 7) is 1.84. The highest BCUT2D eigenvalue weighted by atomic mass is 35.5. The van der Waals surface area contributed by atoms with Gasteiger partial charge in [-0.1, -0.05) is 48.9 Å². The maximum atomic E-state index is 13.9. The van der Waals surface area contributed by atoms with Crippen LogP contribution in [0.3, 0.4) is 0 Å². The average molecular weight is 279 g/mol. The molecule has 0 aliphatic heterocycles. The van der Waals surface area contributed by atoms with E-state index in [-0.39, 0.29) is 5.82 Å². The van der Waals surface area contributed by atoms with Gasteiger partial charge < -0.3 is 5.11 Å². The fourth-order valence-corrected chi connectivity index (χ4v) is 2.45. The Bertz CT molecular complexity index is 570. The van der Waals surface area contributed by atoms with Crippen molar-refractivity contribution in [2.24, 2.45) is 0 Å². The molecule has 2 rings (SSSR count). The van der Waals surface area contributed by atoms with Crippen molar-refractivity contribution in [3.8, 4) is 0 Å². The highest BCUT2D eigenvalue weighted by Gasteiger charge is 2.30. The van der Waals surface area contributed by atoms with Crippen LogP contribution in [0.5, 0.6) is 0 Å². The molecule has 0 heterocycles. The molecule has 0 fully saturated rings. The van der Waals surface area contributed by atoms with Gasteiger partial charge in [0.25, 0.3) is 0 Å². The molecule has 0 aromatic heterocycles. The van der Waals surface area contributed by atoms with E-state index >= 15 is 0 Å². The van der Waals surface area contributed by atoms with Gasteiger partial charge in [0, 0.05) is 17.0 Å². The van der Waals surface area contributed by atoms with Crippen LogP contribution in [0.1, 0.15) is 24.5 Å². The van der Waals surface area contributed by atoms with E-state index < -0.39 is 5.60 Å². The molecule has 0 spiro atoms. The molecule has 0 bridgehead atoms. The highest BCUT2D eigenvalue weighted by molar-refractivity contribution is 6.30. The summed E-state index contributed by atoms with van der Waals surface area (Å²) < 4.78 is 13.9. The lowest BCUT2D eigenvalue weighted by Gasteiger charge is -2.28. The molecule has 0 aliphatic carbocycles. The molecule has 1 N–H and O–H groups in total. The zero-order valence-electron chi connectivity index (χ0n) is 10.7. The van der Waals surface area contributed by atoms with E-state index in [2.05, 4.69) is 0 Å². The second-order valence-corrected chi connectivity index (χ2v) is 5.11. The van der Waals surface area contributed by atoms with Crippen LogP contribution in [0.4, 0.5) is 4.39 Å². The number of benzene rings is 2. The maximum Gasteiger partial charge on any atom is 0.129 e. The van der Waals surface area contributed by atoms with Gasteiger partial charge in [-0.2, -0.15) is 0 Å². The van der Waals surface area contributed by atoms with Crippen LogP contribution < -0.4 is 0 Å². The van der Waals surface area contributed by atoms with Gasteiger partial charge in [0.15, 0.2) is 0 Å². The molecule has 2 aromatic carbocycles. The topological polar surface area (TPSA) is 20.2 Å². The van der Waals surface area contributed by atoms with Gasteiger partial charge in [-0.3, -0.25) is 0 Å². The summed E-state index contributed by atoms with van der Waals surface area (Å²) in [5, 5.41) is 11.3. The van der Waals surface area contributed by atoms with Crippen LogP contribution in [0.2, 0.25) is 5.02 Å². The van der Waals surface area contributed by atoms with Crippen molar-refractivity contribution in [2.75, 3.05) is 0 Å². The van der Waals surface area contributed by atoms with Crippen molar-refractivity contribution >= 4 is 11.6 Å². The summed E-state index contributed by atoms with van der Waals surface area (Å²) in [4.78, 5) is 0. The third-order valence-electron chi connectivity index (χ3n) is 3.35. The predicted molar refractivity (Wildman–Crippen MR) is 75.7 cm³/mol. The fraction of sp³-hybridized carbons (Fsp3) is 0.250. The van der Waals surface area contributed by atoms with Gasteiger partial charge in [0.05, 0.1) is 5.60 Å². The van der Waals surface area contributed by atoms with Crippen LogP contribution in [-0.4, -0.2) is 5.11 Å². The Morgan fingerprint density at radius 3 is 2.53 bits per heavy atom. The van der Waals surface area contributed by atoms with Crippen LogP contribution in [0.25, 0.3) is 0 Å². The molecule has 3 heteroatoms. The van der Waals surface area contributed by atoms with Crippen LogP contribution >= 0.6 is 11.6 Å². The molecule has 0 saturated heterocycles. The lowest BCUT2D eigenvalue weighted by Crippen LogP contribution is -2.28. The first-order chi connectivity index (χ1) is 9.05. The molecule has 1 nitrogen and oxygen atoms in total. The first-order valence-electron chi connectivity index (χ1n) is 6.27. The third kappa shape index (κ3) is 3.14. The molecule has 0 radical (unpaired) electrons. The van der Waals surface area contributed by atoms with E-state index in [1.54, 1.807) is 30.3 Å². The molecule has 0 aliphatic rings. The minimum absolute atomic E-state index is 0.331. The van der Waals surface area contributed by atoms with Crippen molar-refractivity contribution in [1.82, 2.24) is 0 Å². The average Bonchev–Trinajstić information content (AvgIpc) is 2.39. The van der Waals surface area contributed by atoms with Crippen LogP contribution in [0, 0.1) is 5.82 Å². The second kappa shape index (κ2) is 5.72. The Balaban J connectivity index is 2.36. The molecule has 1 atom stereocenters. The molecular formula is C16H16ClFO. The monoisotopic (exact) mass is 278 g/mol. The Labute approximate surface area is 117 Å². The molecule has 100 valence electrons. The number of rotatable bonds is 4. The Morgan fingerprint density at radius 1 is 1.16 bits per heavy atom. The largest absolute Gasteiger partial charge is 0.385 e. The summed E-state index contributed by atoms with van der Waals surface area (Å²) in [7, 11) is 0. The number of halogens is 2. The van der Waals surface area contributed by atoms with Gasteiger partial charge in [-0.15, -0.1) is 0 Å². The smallest absolute Gasteiger partial charge is 0.129 e. The summed E-state index contributed by atoms with van der Waals surface area (Å²) in [6, 6.07) is 13.6. The fourth-order valence-electron chi connectivity index (χ4n) is 2.23. The van der Waals surface area contributed by atoms with E-state index in [9.17, 15) is 9.50 Å². The third-order valence-corrected chi connectivity index (χ3v) is 3.58. The van der Waals surface area contributed by atoms with E-state index in [4.69, 9.17) is 11.6 Å². The second-order valence-electron chi connectivity index (χ2n) is 4.67. The van der Waals surface area contributed by atoms with Crippen molar-refractivity contribution in [1.29, 1.82) is 0 Å². The van der Waals surface area contributed by atoms with E-state index in [0.29, 0.717) is 23.4 Å². The quantitative estimate of drug-likeness (QED) is 0.883. The van der Waals surface area contributed by atoms with Crippen molar-refractivity contribution in [3.63, 3.8) is 0 Å². The summed E-state index contributed by atoms with van der Waals surface area (Å²) in [5.41, 5.74) is 0.00770. The molecule has 1 unspecified atom stereocenters. The predicted octanol–water partition coefficient (Wildman–Crippen LogP) is 4.32. The Hall–Kier alpha value is -1.38. The lowest BCUT2D eigenvalue weighted by atomic mass is 9.85. The van der Waals surface area contributed by atoms with Crippen molar-refractivity contribution < 1.29 is 9.50 Å². The Kier molecular flexibility index (Phi) is 4.23. The zero-order chi connectivity index (χ0) is 13.9. The summed E-state index contributed by atoms with van der Waals surface area (Å²) in [5.74, 6) is -0.381. The minimum atomic E-state index is -1.21. The molecule has 0 amide bonds. The number of hydrogen-bond donors (Lipinski definition) is 1. The first-order valence-corrected chi connectivity index (χ1v) is 6.65. The summed E-state index contributed by atoms with van der Waals surface area (Å²) >= 11 is 5.94. The number of aliphatic hydroxyl groups is 1. The van der Waals surface area contributed by atoms with Crippen LogP contribution in [-0.2, 0) is 12.0 Å². The summed E-state index contributed by atoms with van der Waals surface area (Å²) in [6.07, 6.45) is 0.769. The first kappa shape index (κ1) is 14.0. The minimum Gasteiger partial charge on any atom is -0.385 e. The van der Waals surface area contributed by atoms with Gasteiger partial charge in [0.2, 0.25) is 0 Å². The molecule has 2 aromatic rings. The zero-order valence-corrected chi connectivity index (χ0v) is 11.5. The van der Waals surface area contributed by atoms with E-state index in [1.807, 2.05) is 19.1 Å². The lowest BCUT2D eigenvalue weighted by molar-refractivity contribution is 0.0292. The van der Waals surface area contributed by atoms with Crippen molar-refractivity contribution in [3.05, 3.63) is 70.5 Å². The highest BCUT2D eigenvalue weighted by Crippen LogP contribution is 2.31. The Morgan fingerprint density at radius 2 is 1.89 bits per heavy atom. The van der Waals surface area contributed by atoms with E-state index in [0.717, 1.165) is 5.56 Å². The molecule has 0 saturated carbocycles. The van der Waals surface area contributed by atoms with Crippen molar-refractivity contribution in [2.45, 2.75) is 25.4 Å². The SMILES string of the molecule is CCC(O)(Cc1cccc(Cl)c1)c1ccccc1F. The molecule has 19 heavy (non-hydrogen) atoms. The van der Waals surface area contributed by atoms with Gasteiger partial charge in [0.1, 0.15) is 5.82 Å².